The first-order valence-electron chi connectivity index (χ1n) is 5.73. The summed E-state index contributed by atoms with van der Waals surface area (Å²) < 4.78 is 5.58. The number of aromatic nitrogens is 2. The lowest BCUT2D eigenvalue weighted by Crippen LogP contribution is -2.26. The Bertz CT molecular complexity index is 393. The van der Waals surface area contributed by atoms with E-state index >= 15 is 0 Å². The number of likely N-dealkylation sites (tertiary alicyclic amines) is 1. The molecule has 2 rings (SSSR count). The Kier molecular flexibility index (Phi) is 4.22. The topological polar surface area (TPSA) is 64.3 Å². The van der Waals surface area contributed by atoms with Crippen LogP contribution in [0.4, 0.5) is 0 Å². The first kappa shape index (κ1) is 12.2. The molecule has 0 spiro atoms. The van der Waals surface area contributed by atoms with E-state index in [0.29, 0.717) is 18.2 Å². The molecular formula is C11H16N4OS. The number of nitrogens with zero attached hydrogens (tertiary/aromatic N) is 3. The Balaban J connectivity index is 1.87. The van der Waals surface area contributed by atoms with E-state index < -0.39 is 0 Å². The Labute approximate surface area is 106 Å². The van der Waals surface area contributed by atoms with Crippen LogP contribution in [0.3, 0.4) is 0 Å². The van der Waals surface area contributed by atoms with E-state index in [0.717, 1.165) is 19.6 Å². The van der Waals surface area contributed by atoms with Gasteiger partial charge in [-0.3, -0.25) is 4.90 Å². The zero-order chi connectivity index (χ0) is 12.1. The molecule has 1 aromatic rings. The summed E-state index contributed by atoms with van der Waals surface area (Å²) in [6, 6.07) is 0. The molecule has 5 nitrogen and oxygen atoms in total. The van der Waals surface area contributed by atoms with Gasteiger partial charge in [-0.1, -0.05) is 12.2 Å². The molecule has 1 fully saturated rings. The number of nitrogens with two attached hydrogens (primary N) is 1. The molecule has 6 heteroatoms. The third-order valence-electron chi connectivity index (χ3n) is 2.74. The van der Waals surface area contributed by atoms with Crippen LogP contribution in [0.1, 0.15) is 18.5 Å². The molecule has 0 saturated carbocycles. The van der Waals surface area contributed by atoms with Gasteiger partial charge in [0.15, 0.2) is 5.69 Å². The Morgan fingerprint density at radius 1 is 1.35 bits per heavy atom. The van der Waals surface area contributed by atoms with E-state index in [4.69, 9.17) is 22.7 Å². The molecule has 0 unspecified atom stereocenters. The summed E-state index contributed by atoms with van der Waals surface area (Å²) in [6.07, 6.45) is 5.70. The van der Waals surface area contributed by atoms with Crippen molar-refractivity contribution in [2.75, 3.05) is 26.2 Å². The minimum absolute atomic E-state index is 0.217. The molecule has 92 valence electrons. The predicted molar refractivity (Wildman–Crippen MR) is 69.1 cm³/mol. The predicted octanol–water partition coefficient (Wildman–Crippen LogP) is 0.585. The van der Waals surface area contributed by atoms with Gasteiger partial charge >= 0.3 is 0 Å². The average Bonchev–Trinajstić information content (AvgIpc) is 2.82. The highest BCUT2D eigenvalue weighted by atomic mass is 32.1. The molecule has 1 saturated heterocycles. The van der Waals surface area contributed by atoms with Gasteiger partial charge in [-0.05, 0) is 25.9 Å². The molecule has 0 amide bonds. The lowest BCUT2D eigenvalue weighted by atomic mass is 10.4. The van der Waals surface area contributed by atoms with Crippen molar-refractivity contribution in [2.45, 2.75) is 12.8 Å². The fraction of sp³-hybridized carbons (Fsp3) is 0.545. The Morgan fingerprint density at radius 2 is 2.06 bits per heavy atom. The van der Waals surface area contributed by atoms with Crippen molar-refractivity contribution in [1.29, 1.82) is 0 Å². The van der Waals surface area contributed by atoms with Crippen LogP contribution in [-0.4, -0.2) is 46.1 Å². The van der Waals surface area contributed by atoms with Gasteiger partial charge in [-0.2, -0.15) is 0 Å². The zero-order valence-electron chi connectivity index (χ0n) is 9.63. The second-order valence-corrected chi connectivity index (χ2v) is 4.41. The van der Waals surface area contributed by atoms with Crippen LogP contribution >= 0.6 is 12.2 Å². The molecular weight excluding hydrogens is 236 g/mol. The van der Waals surface area contributed by atoms with E-state index in [1.165, 1.54) is 12.8 Å². The van der Waals surface area contributed by atoms with Crippen molar-refractivity contribution in [1.82, 2.24) is 14.9 Å². The van der Waals surface area contributed by atoms with Gasteiger partial charge in [-0.15, -0.1) is 0 Å². The highest BCUT2D eigenvalue weighted by Crippen LogP contribution is 2.12. The quantitative estimate of drug-likeness (QED) is 0.774. The van der Waals surface area contributed by atoms with Crippen LogP contribution in [-0.2, 0) is 0 Å². The van der Waals surface area contributed by atoms with Crippen LogP contribution < -0.4 is 10.5 Å². The van der Waals surface area contributed by atoms with E-state index in [1.54, 1.807) is 12.4 Å². The van der Waals surface area contributed by atoms with Gasteiger partial charge in [-0.25, -0.2) is 9.97 Å². The summed E-state index contributed by atoms with van der Waals surface area (Å²) in [5.41, 5.74) is 6.01. The van der Waals surface area contributed by atoms with Crippen LogP contribution in [0.5, 0.6) is 5.88 Å². The molecule has 1 aromatic heterocycles. The molecule has 17 heavy (non-hydrogen) atoms. The van der Waals surface area contributed by atoms with Gasteiger partial charge in [0.25, 0.3) is 0 Å². The SMILES string of the molecule is NC(=S)c1nccnc1OCCN1CCCC1. The highest BCUT2D eigenvalue weighted by molar-refractivity contribution is 7.80. The first-order chi connectivity index (χ1) is 8.27. The fourth-order valence-electron chi connectivity index (χ4n) is 1.88. The number of hydrogen-bond donors (Lipinski definition) is 1. The summed E-state index contributed by atoms with van der Waals surface area (Å²) in [7, 11) is 0. The summed E-state index contributed by atoms with van der Waals surface area (Å²) in [5, 5.41) is 0. The molecule has 1 aliphatic rings. The summed E-state index contributed by atoms with van der Waals surface area (Å²) >= 11 is 4.89. The van der Waals surface area contributed by atoms with Crippen molar-refractivity contribution < 1.29 is 4.74 Å². The molecule has 0 bridgehead atoms. The normalized spacial score (nSPS) is 16.0. The van der Waals surface area contributed by atoms with Crippen molar-refractivity contribution in [3.8, 4) is 5.88 Å². The van der Waals surface area contributed by atoms with Crippen LogP contribution in [0.25, 0.3) is 0 Å². The molecule has 0 atom stereocenters. The monoisotopic (exact) mass is 252 g/mol. The van der Waals surface area contributed by atoms with Gasteiger partial charge in [0, 0.05) is 18.9 Å². The van der Waals surface area contributed by atoms with Gasteiger partial charge < -0.3 is 10.5 Å². The fourth-order valence-corrected chi connectivity index (χ4v) is 2.02. The first-order valence-corrected chi connectivity index (χ1v) is 6.14. The number of ether oxygens (including phenoxy) is 1. The lowest BCUT2D eigenvalue weighted by Gasteiger charge is -2.15. The Hall–Kier alpha value is -1.27. The highest BCUT2D eigenvalue weighted by Gasteiger charge is 2.13. The second kappa shape index (κ2) is 5.88. The van der Waals surface area contributed by atoms with Gasteiger partial charge in [0.1, 0.15) is 11.6 Å². The van der Waals surface area contributed by atoms with Crippen molar-refractivity contribution in [3.05, 3.63) is 18.1 Å². The minimum atomic E-state index is 0.217. The molecule has 0 aliphatic carbocycles. The maximum atomic E-state index is 5.58. The zero-order valence-corrected chi connectivity index (χ0v) is 10.4. The van der Waals surface area contributed by atoms with Gasteiger partial charge in [0.05, 0.1) is 0 Å². The molecule has 0 aromatic carbocycles. The van der Waals surface area contributed by atoms with Crippen LogP contribution in [0.15, 0.2) is 12.4 Å². The van der Waals surface area contributed by atoms with Crippen molar-refractivity contribution >= 4 is 17.2 Å². The minimum Gasteiger partial charge on any atom is -0.475 e. The lowest BCUT2D eigenvalue weighted by molar-refractivity contribution is 0.231. The van der Waals surface area contributed by atoms with Crippen LogP contribution in [0, 0.1) is 0 Å². The molecule has 2 N–H and O–H groups in total. The van der Waals surface area contributed by atoms with Crippen molar-refractivity contribution in [3.63, 3.8) is 0 Å². The van der Waals surface area contributed by atoms with E-state index in [9.17, 15) is 0 Å². The molecule has 2 heterocycles. The summed E-state index contributed by atoms with van der Waals surface area (Å²) in [4.78, 5) is 10.7. The number of thiocarbonyl (C=S) groups is 1. The number of hydrogen-bond acceptors (Lipinski definition) is 5. The van der Waals surface area contributed by atoms with E-state index in [2.05, 4.69) is 14.9 Å². The maximum Gasteiger partial charge on any atom is 0.243 e. The van der Waals surface area contributed by atoms with Crippen LogP contribution in [0.2, 0.25) is 0 Å². The second-order valence-electron chi connectivity index (χ2n) is 3.97. The largest absolute Gasteiger partial charge is 0.475 e. The number of rotatable bonds is 5. The van der Waals surface area contributed by atoms with E-state index in [1.807, 2.05) is 0 Å². The maximum absolute atomic E-state index is 5.58. The Morgan fingerprint density at radius 3 is 2.76 bits per heavy atom. The molecule has 1 aliphatic heterocycles. The summed E-state index contributed by atoms with van der Waals surface area (Å²) in [5.74, 6) is 0.430. The third kappa shape index (κ3) is 3.34. The standard InChI is InChI=1S/C11H16N4OS/c12-10(17)9-11(14-4-3-13-9)16-8-7-15-5-1-2-6-15/h3-4H,1-2,5-8H2,(H2,12,17). The molecule has 0 radical (unpaired) electrons. The van der Waals surface area contributed by atoms with Crippen molar-refractivity contribution in [2.24, 2.45) is 5.73 Å². The third-order valence-corrected chi connectivity index (χ3v) is 2.94. The summed E-state index contributed by atoms with van der Waals surface area (Å²) in [6.45, 7) is 3.82. The smallest absolute Gasteiger partial charge is 0.243 e. The van der Waals surface area contributed by atoms with Gasteiger partial charge in [0.2, 0.25) is 5.88 Å². The average molecular weight is 252 g/mol. The van der Waals surface area contributed by atoms with E-state index in [-0.39, 0.29) is 4.99 Å².